The van der Waals surface area contributed by atoms with Crippen LogP contribution in [0.25, 0.3) is 0 Å². The van der Waals surface area contributed by atoms with Crippen LogP contribution in [0.4, 0.5) is 0 Å². The molecule has 2 saturated heterocycles. The number of likely N-dealkylation sites (N-methyl/N-ethyl adjacent to an activating group) is 1. The van der Waals surface area contributed by atoms with E-state index >= 15 is 0 Å². The molecule has 6 heteroatoms. The van der Waals surface area contributed by atoms with Gasteiger partial charge in [-0.25, -0.2) is 4.79 Å². The van der Waals surface area contributed by atoms with Crippen LogP contribution < -0.4 is 0 Å². The molecular formula is C16H24N2O4. The molecule has 1 aromatic heterocycles. The number of esters is 1. The topological polar surface area (TPSA) is 55.1 Å². The van der Waals surface area contributed by atoms with Crippen LogP contribution in [0.1, 0.15) is 34.8 Å². The summed E-state index contributed by atoms with van der Waals surface area (Å²) in [5.74, 6) is 0.683. The van der Waals surface area contributed by atoms with Crippen LogP contribution in [0, 0.1) is 6.92 Å². The summed E-state index contributed by atoms with van der Waals surface area (Å²) in [6.07, 6.45) is 0.261. The Labute approximate surface area is 131 Å². The lowest BCUT2D eigenvalue weighted by Gasteiger charge is -2.33. The van der Waals surface area contributed by atoms with Gasteiger partial charge in [0.2, 0.25) is 5.76 Å². The number of likely N-dealkylation sites (tertiary alicyclic amines) is 1. The molecule has 3 heterocycles. The van der Waals surface area contributed by atoms with Crippen LogP contribution in [-0.2, 0) is 9.47 Å². The number of carbonyl (C=O) groups is 1. The van der Waals surface area contributed by atoms with Crippen LogP contribution in [-0.4, -0.2) is 68.3 Å². The van der Waals surface area contributed by atoms with Crippen molar-refractivity contribution in [3.05, 3.63) is 23.2 Å². The monoisotopic (exact) mass is 308 g/mol. The van der Waals surface area contributed by atoms with Gasteiger partial charge in [-0.2, -0.15) is 0 Å². The van der Waals surface area contributed by atoms with Gasteiger partial charge in [-0.15, -0.1) is 0 Å². The summed E-state index contributed by atoms with van der Waals surface area (Å²) in [6, 6.07) is 2.48. The smallest absolute Gasteiger partial charge is 0.374 e. The molecular weight excluding hydrogens is 284 g/mol. The van der Waals surface area contributed by atoms with E-state index in [9.17, 15) is 4.79 Å². The Morgan fingerprint density at radius 2 is 2.23 bits per heavy atom. The first-order valence-corrected chi connectivity index (χ1v) is 7.75. The van der Waals surface area contributed by atoms with Gasteiger partial charge in [-0.3, -0.25) is 9.80 Å². The Hall–Kier alpha value is -1.37. The normalized spacial score (nSPS) is 27.6. The molecule has 22 heavy (non-hydrogen) atoms. The van der Waals surface area contributed by atoms with Crippen molar-refractivity contribution < 1.29 is 18.7 Å². The maximum absolute atomic E-state index is 11.7. The van der Waals surface area contributed by atoms with Crippen molar-refractivity contribution in [2.24, 2.45) is 0 Å². The highest BCUT2D eigenvalue weighted by Gasteiger charge is 2.41. The third-order valence-corrected chi connectivity index (χ3v) is 4.87. The Bertz CT molecular complexity index is 556. The van der Waals surface area contributed by atoms with Crippen molar-refractivity contribution in [3.63, 3.8) is 0 Å². The number of hydrogen-bond acceptors (Lipinski definition) is 6. The van der Waals surface area contributed by atoms with E-state index in [0.29, 0.717) is 11.8 Å². The SMILES string of the molecule is COC(=O)c1oc([C@H](C)N2C[C@H]3OCCN(C)[C@H]3C2)cc1C. The summed E-state index contributed by atoms with van der Waals surface area (Å²) in [4.78, 5) is 16.4. The highest BCUT2D eigenvalue weighted by Crippen LogP contribution is 2.31. The van der Waals surface area contributed by atoms with E-state index in [4.69, 9.17) is 13.9 Å². The molecule has 0 saturated carbocycles. The molecule has 1 aromatic rings. The van der Waals surface area contributed by atoms with Crippen molar-refractivity contribution in [2.45, 2.75) is 32.0 Å². The fraction of sp³-hybridized carbons (Fsp3) is 0.688. The first kappa shape index (κ1) is 15.5. The molecule has 2 fully saturated rings. The first-order chi connectivity index (χ1) is 10.5. The van der Waals surface area contributed by atoms with Gasteiger partial charge in [-0.1, -0.05) is 0 Å². The maximum Gasteiger partial charge on any atom is 0.374 e. The molecule has 6 nitrogen and oxygen atoms in total. The standard InChI is InChI=1S/C16H24N2O4/c1-10-7-13(22-15(10)16(19)20-4)11(2)18-8-12-14(9-18)21-6-5-17(12)3/h7,11-12,14H,5-6,8-9H2,1-4H3/t11-,12-,14+/m0/s1. The van der Waals surface area contributed by atoms with Crippen LogP contribution >= 0.6 is 0 Å². The summed E-state index contributed by atoms with van der Waals surface area (Å²) in [6.45, 7) is 7.60. The van der Waals surface area contributed by atoms with E-state index in [0.717, 1.165) is 37.6 Å². The van der Waals surface area contributed by atoms with Crippen LogP contribution in [0.3, 0.4) is 0 Å². The molecule has 0 bridgehead atoms. The molecule has 0 N–H and O–H groups in total. The fourth-order valence-corrected chi connectivity index (χ4v) is 3.39. The molecule has 0 radical (unpaired) electrons. The van der Waals surface area contributed by atoms with Crippen molar-refractivity contribution in [3.8, 4) is 0 Å². The number of carbonyl (C=O) groups excluding carboxylic acids is 1. The zero-order valence-electron chi connectivity index (χ0n) is 13.7. The number of nitrogens with zero attached hydrogens (tertiary/aromatic N) is 2. The highest BCUT2D eigenvalue weighted by molar-refractivity contribution is 5.87. The zero-order valence-corrected chi connectivity index (χ0v) is 13.7. The number of morpholine rings is 1. The summed E-state index contributed by atoms with van der Waals surface area (Å²) >= 11 is 0. The second-order valence-corrected chi connectivity index (χ2v) is 6.24. The fourth-order valence-electron chi connectivity index (χ4n) is 3.39. The Balaban J connectivity index is 1.74. The highest BCUT2D eigenvalue weighted by atomic mass is 16.5. The molecule has 2 aliphatic heterocycles. The maximum atomic E-state index is 11.7. The van der Waals surface area contributed by atoms with Gasteiger partial charge >= 0.3 is 5.97 Å². The molecule has 0 aliphatic carbocycles. The van der Waals surface area contributed by atoms with Crippen molar-refractivity contribution >= 4 is 5.97 Å². The first-order valence-electron chi connectivity index (χ1n) is 7.75. The van der Waals surface area contributed by atoms with Gasteiger partial charge < -0.3 is 13.9 Å². The van der Waals surface area contributed by atoms with E-state index in [1.807, 2.05) is 13.0 Å². The van der Waals surface area contributed by atoms with Crippen LogP contribution in [0.5, 0.6) is 0 Å². The minimum absolute atomic E-state index is 0.111. The van der Waals surface area contributed by atoms with Gasteiger partial charge in [0, 0.05) is 31.2 Å². The number of aryl methyl sites for hydroxylation is 1. The average molecular weight is 308 g/mol. The molecule has 3 atom stereocenters. The predicted molar refractivity (Wildman–Crippen MR) is 80.9 cm³/mol. The molecule has 3 rings (SSSR count). The summed E-state index contributed by atoms with van der Waals surface area (Å²) < 4.78 is 16.4. The summed E-state index contributed by atoms with van der Waals surface area (Å²) in [5, 5.41) is 0. The summed E-state index contributed by atoms with van der Waals surface area (Å²) in [7, 11) is 3.52. The van der Waals surface area contributed by atoms with E-state index < -0.39 is 5.97 Å². The lowest BCUT2D eigenvalue weighted by atomic mass is 10.1. The van der Waals surface area contributed by atoms with Crippen molar-refractivity contribution in [1.82, 2.24) is 9.80 Å². The summed E-state index contributed by atoms with van der Waals surface area (Å²) in [5.41, 5.74) is 0.818. The van der Waals surface area contributed by atoms with Gasteiger partial charge in [0.15, 0.2) is 0 Å². The van der Waals surface area contributed by atoms with Gasteiger partial charge in [0.05, 0.1) is 25.9 Å². The number of hydrogen-bond donors (Lipinski definition) is 0. The molecule has 0 spiro atoms. The van der Waals surface area contributed by atoms with Crippen molar-refractivity contribution in [2.75, 3.05) is 40.4 Å². The van der Waals surface area contributed by atoms with E-state index in [2.05, 4.69) is 23.8 Å². The molecule has 0 unspecified atom stereocenters. The number of ether oxygens (including phenoxy) is 2. The number of methoxy groups -OCH3 is 1. The predicted octanol–water partition coefficient (Wildman–Crippen LogP) is 1.45. The molecule has 122 valence electrons. The van der Waals surface area contributed by atoms with Gasteiger partial charge in [0.1, 0.15) is 5.76 Å². The van der Waals surface area contributed by atoms with Gasteiger partial charge in [-0.05, 0) is 27.0 Å². The number of fused-ring (bicyclic) bond motifs is 1. The second-order valence-electron chi connectivity index (χ2n) is 6.24. The quantitative estimate of drug-likeness (QED) is 0.788. The van der Waals surface area contributed by atoms with Crippen LogP contribution in [0.2, 0.25) is 0 Å². The third-order valence-electron chi connectivity index (χ3n) is 4.87. The van der Waals surface area contributed by atoms with Gasteiger partial charge in [0.25, 0.3) is 0 Å². The second kappa shape index (κ2) is 6.02. The lowest BCUT2D eigenvalue weighted by Crippen LogP contribution is -2.48. The van der Waals surface area contributed by atoms with Crippen LogP contribution in [0.15, 0.2) is 10.5 Å². The molecule has 2 aliphatic rings. The Morgan fingerprint density at radius 3 is 2.91 bits per heavy atom. The lowest BCUT2D eigenvalue weighted by molar-refractivity contribution is -0.0372. The zero-order chi connectivity index (χ0) is 15.9. The van der Waals surface area contributed by atoms with E-state index in [-0.39, 0.29) is 12.1 Å². The number of rotatable bonds is 3. The largest absolute Gasteiger partial charge is 0.463 e. The van der Waals surface area contributed by atoms with E-state index in [1.165, 1.54) is 7.11 Å². The Kier molecular flexibility index (Phi) is 4.25. The Morgan fingerprint density at radius 1 is 1.45 bits per heavy atom. The molecule has 0 aromatic carbocycles. The van der Waals surface area contributed by atoms with E-state index in [1.54, 1.807) is 0 Å². The van der Waals surface area contributed by atoms with Crippen molar-refractivity contribution in [1.29, 1.82) is 0 Å². The average Bonchev–Trinajstić information content (AvgIpc) is 3.10. The third kappa shape index (κ3) is 2.66. The number of furan rings is 1. The minimum Gasteiger partial charge on any atom is -0.463 e. The molecule has 0 amide bonds. The minimum atomic E-state index is -0.422.